The van der Waals surface area contributed by atoms with Crippen LogP contribution in [-0.2, 0) is 22.5 Å². The molecule has 0 radical (unpaired) electrons. The number of halogens is 2. The molecule has 2 aromatic rings. The first-order valence-corrected chi connectivity index (χ1v) is 8.57. The van der Waals surface area contributed by atoms with E-state index in [2.05, 4.69) is 20.8 Å². The summed E-state index contributed by atoms with van der Waals surface area (Å²) in [6, 6.07) is 5.04. The van der Waals surface area contributed by atoms with E-state index in [1.165, 1.54) is 12.1 Å². The van der Waals surface area contributed by atoms with Crippen LogP contribution in [-0.4, -0.2) is 35.2 Å². The first-order chi connectivity index (χ1) is 12.6. The molecule has 1 amide bonds. The monoisotopic (exact) mass is 396 g/mol. The quantitative estimate of drug-likeness (QED) is 0.649. The summed E-state index contributed by atoms with van der Waals surface area (Å²) in [5.74, 6) is -1.21. The molecular weight excluding hydrogens is 375 g/mol. The predicted molar refractivity (Wildman–Crippen MR) is 99.1 cm³/mol. The predicted octanol–water partition coefficient (Wildman–Crippen LogP) is 2.04. The van der Waals surface area contributed by atoms with Gasteiger partial charge in [-0.15, -0.1) is 12.4 Å². The maximum Gasteiger partial charge on any atom is 0.308 e. The number of aromatic nitrogens is 2. The smallest absolute Gasteiger partial charge is 0.308 e. The molecule has 0 saturated carbocycles. The highest BCUT2D eigenvalue weighted by molar-refractivity contribution is 5.94. The second-order valence-corrected chi connectivity index (χ2v) is 6.04. The number of carbonyl (C=O) groups is 2. The van der Waals surface area contributed by atoms with E-state index >= 15 is 0 Å². The molecule has 0 aliphatic carbocycles. The number of carbonyl (C=O) groups excluding carboxylic acids is 2. The van der Waals surface area contributed by atoms with Crippen molar-refractivity contribution >= 4 is 24.3 Å². The van der Waals surface area contributed by atoms with E-state index < -0.39 is 12.0 Å². The third kappa shape index (κ3) is 5.05. The zero-order valence-electron chi connectivity index (χ0n) is 14.9. The summed E-state index contributed by atoms with van der Waals surface area (Å²) >= 11 is 0. The maximum absolute atomic E-state index is 13.2. The van der Waals surface area contributed by atoms with Gasteiger partial charge in [0.05, 0.1) is 19.1 Å². The molecule has 1 atom stereocenters. The third-order valence-electron chi connectivity index (χ3n) is 4.28. The van der Waals surface area contributed by atoms with E-state index in [-0.39, 0.29) is 37.2 Å². The van der Waals surface area contributed by atoms with Crippen molar-refractivity contribution in [2.75, 3.05) is 13.2 Å². The lowest BCUT2D eigenvalue weighted by atomic mass is 10.0. The largest absolute Gasteiger partial charge is 0.466 e. The minimum atomic E-state index is -0.633. The molecule has 27 heavy (non-hydrogen) atoms. The van der Waals surface area contributed by atoms with Gasteiger partial charge < -0.3 is 15.4 Å². The number of fused-ring (bicyclic) bond motifs is 1. The van der Waals surface area contributed by atoms with Gasteiger partial charge in [-0.2, -0.15) is 5.10 Å². The van der Waals surface area contributed by atoms with Gasteiger partial charge in [-0.3, -0.25) is 14.7 Å². The Morgan fingerprint density at radius 1 is 1.33 bits per heavy atom. The molecule has 1 aromatic carbocycles. The zero-order chi connectivity index (χ0) is 18.5. The van der Waals surface area contributed by atoms with Gasteiger partial charge >= 0.3 is 5.97 Å². The van der Waals surface area contributed by atoms with Crippen molar-refractivity contribution in [2.45, 2.75) is 32.4 Å². The summed E-state index contributed by atoms with van der Waals surface area (Å²) in [5, 5.41) is 13.0. The Hall–Kier alpha value is -2.45. The lowest BCUT2D eigenvalue weighted by Gasteiger charge is -2.19. The summed E-state index contributed by atoms with van der Waals surface area (Å²) in [4.78, 5) is 24.6. The van der Waals surface area contributed by atoms with Crippen molar-refractivity contribution in [3.8, 4) is 0 Å². The van der Waals surface area contributed by atoms with Crippen molar-refractivity contribution < 1.29 is 18.7 Å². The number of nitrogens with zero attached hydrogens (tertiary/aromatic N) is 1. The Morgan fingerprint density at radius 3 is 2.78 bits per heavy atom. The number of nitrogens with one attached hydrogen (secondary N) is 3. The van der Waals surface area contributed by atoms with Crippen LogP contribution >= 0.6 is 12.4 Å². The van der Waals surface area contributed by atoms with Crippen LogP contribution in [0.3, 0.4) is 0 Å². The summed E-state index contributed by atoms with van der Waals surface area (Å²) in [6.07, 6.45) is 0.732. The average molecular weight is 397 g/mol. The Kier molecular flexibility index (Phi) is 7.32. The lowest BCUT2D eigenvalue weighted by Crippen LogP contribution is -2.32. The van der Waals surface area contributed by atoms with E-state index in [9.17, 15) is 14.0 Å². The van der Waals surface area contributed by atoms with Crippen LogP contribution in [0.25, 0.3) is 0 Å². The van der Waals surface area contributed by atoms with E-state index in [1.54, 1.807) is 19.1 Å². The van der Waals surface area contributed by atoms with E-state index in [4.69, 9.17) is 4.74 Å². The van der Waals surface area contributed by atoms with Gasteiger partial charge in [-0.05, 0) is 24.6 Å². The van der Waals surface area contributed by atoms with Crippen LogP contribution in [0.5, 0.6) is 0 Å². The van der Waals surface area contributed by atoms with Crippen LogP contribution in [0.1, 0.15) is 46.7 Å². The second-order valence-electron chi connectivity index (χ2n) is 6.04. The normalized spacial score (nSPS) is 13.9. The van der Waals surface area contributed by atoms with Crippen LogP contribution in [0.2, 0.25) is 0 Å². The number of H-pyrrole nitrogens is 1. The van der Waals surface area contributed by atoms with Gasteiger partial charge in [0.2, 0.25) is 0 Å². The molecule has 146 valence electrons. The number of hydrogen-bond acceptors (Lipinski definition) is 5. The van der Waals surface area contributed by atoms with Gasteiger partial charge in [-0.1, -0.05) is 12.1 Å². The third-order valence-corrected chi connectivity index (χ3v) is 4.28. The van der Waals surface area contributed by atoms with Gasteiger partial charge in [-0.25, -0.2) is 4.39 Å². The highest BCUT2D eigenvalue weighted by atomic mass is 35.5. The van der Waals surface area contributed by atoms with Gasteiger partial charge in [0.15, 0.2) is 5.69 Å². The minimum absolute atomic E-state index is 0. The SMILES string of the molecule is CCOC(=O)CC(NC(=O)c1n[nH]c2c1CNCC2)c1ccc(F)cc1.Cl. The topological polar surface area (TPSA) is 96.1 Å². The van der Waals surface area contributed by atoms with E-state index in [0.717, 1.165) is 24.2 Å². The number of amides is 1. The molecule has 0 saturated heterocycles. The van der Waals surface area contributed by atoms with Crippen molar-refractivity contribution in [2.24, 2.45) is 0 Å². The summed E-state index contributed by atoms with van der Waals surface area (Å²) in [5.41, 5.74) is 2.71. The molecule has 0 bridgehead atoms. The fraction of sp³-hybridized carbons (Fsp3) is 0.389. The molecule has 0 fully saturated rings. The fourth-order valence-electron chi connectivity index (χ4n) is 2.97. The fourth-order valence-corrected chi connectivity index (χ4v) is 2.97. The first-order valence-electron chi connectivity index (χ1n) is 8.57. The molecule has 1 aliphatic rings. The molecule has 7 nitrogen and oxygen atoms in total. The second kappa shape index (κ2) is 9.48. The molecule has 1 aliphatic heterocycles. The molecule has 1 unspecified atom stereocenters. The number of aromatic amines is 1. The van der Waals surface area contributed by atoms with Crippen LogP contribution in [0.15, 0.2) is 24.3 Å². The van der Waals surface area contributed by atoms with Gasteiger partial charge in [0.1, 0.15) is 5.82 Å². The van der Waals surface area contributed by atoms with Crippen LogP contribution in [0.4, 0.5) is 4.39 Å². The lowest BCUT2D eigenvalue weighted by molar-refractivity contribution is -0.143. The Bertz CT molecular complexity index is 794. The van der Waals surface area contributed by atoms with Crippen LogP contribution < -0.4 is 10.6 Å². The first kappa shape index (κ1) is 20.9. The average Bonchev–Trinajstić information content (AvgIpc) is 3.06. The molecule has 2 heterocycles. The number of rotatable bonds is 6. The molecule has 3 N–H and O–H groups in total. The Labute approximate surface area is 162 Å². The van der Waals surface area contributed by atoms with Crippen LogP contribution in [0, 0.1) is 5.82 Å². The number of benzene rings is 1. The summed E-state index contributed by atoms with van der Waals surface area (Å²) in [6.45, 7) is 3.36. The molecule has 3 rings (SSSR count). The molecule has 9 heteroatoms. The molecule has 1 aromatic heterocycles. The molecular formula is C18H22ClFN4O3. The Morgan fingerprint density at radius 2 is 2.07 bits per heavy atom. The minimum Gasteiger partial charge on any atom is -0.466 e. The van der Waals surface area contributed by atoms with Gasteiger partial charge in [0, 0.05) is 30.8 Å². The van der Waals surface area contributed by atoms with E-state index in [0.29, 0.717) is 17.8 Å². The number of hydrogen-bond donors (Lipinski definition) is 3. The maximum atomic E-state index is 13.2. The summed E-state index contributed by atoms with van der Waals surface area (Å²) < 4.78 is 18.2. The van der Waals surface area contributed by atoms with Crippen molar-refractivity contribution in [1.29, 1.82) is 0 Å². The Balaban J connectivity index is 0.00000261. The van der Waals surface area contributed by atoms with Crippen molar-refractivity contribution in [3.05, 3.63) is 52.6 Å². The zero-order valence-corrected chi connectivity index (χ0v) is 15.7. The standard InChI is InChI=1S/C18H21FN4O3.ClH/c1-2-26-16(24)9-15(11-3-5-12(19)6-4-11)21-18(25)17-13-10-20-8-7-14(13)22-23-17;/h3-6,15,20H,2,7-10H2,1H3,(H,21,25)(H,22,23);1H. The highest BCUT2D eigenvalue weighted by Gasteiger charge is 2.25. The molecule has 0 spiro atoms. The number of ether oxygens (including phenoxy) is 1. The van der Waals surface area contributed by atoms with Crippen molar-refractivity contribution in [1.82, 2.24) is 20.8 Å². The summed E-state index contributed by atoms with van der Waals surface area (Å²) in [7, 11) is 0. The highest BCUT2D eigenvalue weighted by Crippen LogP contribution is 2.21. The van der Waals surface area contributed by atoms with E-state index in [1.807, 2.05) is 0 Å². The van der Waals surface area contributed by atoms with Crippen molar-refractivity contribution in [3.63, 3.8) is 0 Å². The number of esters is 1. The van der Waals surface area contributed by atoms with Gasteiger partial charge in [0.25, 0.3) is 5.91 Å².